The van der Waals surface area contributed by atoms with Gasteiger partial charge in [0.1, 0.15) is 5.69 Å². The van der Waals surface area contributed by atoms with Crippen molar-refractivity contribution in [1.29, 1.82) is 0 Å². The van der Waals surface area contributed by atoms with Crippen LogP contribution in [-0.2, 0) is 0 Å². The van der Waals surface area contributed by atoms with E-state index in [4.69, 9.17) is 0 Å². The first-order valence-corrected chi connectivity index (χ1v) is 6.39. The molecule has 94 valence electrons. The van der Waals surface area contributed by atoms with Gasteiger partial charge in [-0.2, -0.15) is 11.8 Å². The van der Waals surface area contributed by atoms with Gasteiger partial charge in [-0.25, -0.2) is 17.6 Å². The minimum absolute atomic E-state index is 0.210. The molecule has 0 amide bonds. The molecule has 1 aromatic rings. The number of hydrogen-bond acceptors (Lipinski definition) is 2. The maximum Gasteiger partial charge on any atom is 0.185 e. The van der Waals surface area contributed by atoms with E-state index in [-0.39, 0.29) is 12.0 Å². The lowest BCUT2D eigenvalue weighted by Gasteiger charge is -2.13. The van der Waals surface area contributed by atoms with Crippen LogP contribution in [0.4, 0.5) is 23.2 Å². The zero-order valence-corrected chi connectivity index (χ0v) is 9.72. The van der Waals surface area contributed by atoms with Crippen molar-refractivity contribution in [2.24, 2.45) is 5.92 Å². The van der Waals surface area contributed by atoms with Gasteiger partial charge in [-0.3, -0.25) is 0 Å². The van der Waals surface area contributed by atoms with E-state index in [0.717, 1.165) is 17.9 Å². The lowest BCUT2D eigenvalue weighted by atomic mass is 10.1. The van der Waals surface area contributed by atoms with Crippen molar-refractivity contribution in [2.45, 2.75) is 6.42 Å². The molecular formula is C11H11F4NS. The largest absolute Gasteiger partial charge is 0.380 e. The third kappa shape index (κ3) is 2.68. The number of halogens is 4. The summed E-state index contributed by atoms with van der Waals surface area (Å²) < 4.78 is 52.3. The first-order valence-electron chi connectivity index (χ1n) is 5.24. The Labute approximate surface area is 101 Å². The van der Waals surface area contributed by atoms with Gasteiger partial charge in [0.25, 0.3) is 0 Å². The lowest BCUT2D eigenvalue weighted by molar-refractivity contribution is 0.457. The normalized spacial score (nSPS) is 19.6. The number of anilines is 1. The number of rotatable bonds is 3. The number of thioether (sulfide) groups is 1. The van der Waals surface area contributed by atoms with Gasteiger partial charge < -0.3 is 5.32 Å². The third-order valence-corrected chi connectivity index (χ3v) is 3.93. The van der Waals surface area contributed by atoms with Gasteiger partial charge in [-0.15, -0.1) is 0 Å². The highest BCUT2D eigenvalue weighted by molar-refractivity contribution is 7.99. The summed E-state index contributed by atoms with van der Waals surface area (Å²) in [5.41, 5.74) is -0.709. The SMILES string of the molecule is Fc1cc(F)c(F)c(NCC2CCSC2)c1F. The van der Waals surface area contributed by atoms with E-state index >= 15 is 0 Å². The zero-order chi connectivity index (χ0) is 12.4. The fourth-order valence-corrected chi connectivity index (χ4v) is 3.00. The van der Waals surface area contributed by atoms with E-state index in [9.17, 15) is 17.6 Å². The smallest absolute Gasteiger partial charge is 0.185 e. The van der Waals surface area contributed by atoms with Crippen molar-refractivity contribution < 1.29 is 17.6 Å². The lowest BCUT2D eigenvalue weighted by Crippen LogP contribution is -2.16. The fourth-order valence-electron chi connectivity index (χ4n) is 1.72. The molecule has 1 heterocycles. The number of nitrogens with one attached hydrogen (secondary N) is 1. The summed E-state index contributed by atoms with van der Waals surface area (Å²) in [7, 11) is 0. The van der Waals surface area contributed by atoms with Crippen LogP contribution in [0.25, 0.3) is 0 Å². The molecule has 0 aliphatic carbocycles. The second kappa shape index (κ2) is 5.16. The molecule has 1 aromatic carbocycles. The van der Waals surface area contributed by atoms with Gasteiger partial charge in [-0.1, -0.05) is 0 Å². The minimum atomic E-state index is -1.38. The minimum Gasteiger partial charge on any atom is -0.380 e. The molecule has 0 radical (unpaired) electrons. The molecule has 0 aromatic heterocycles. The highest BCUT2D eigenvalue weighted by Crippen LogP contribution is 2.27. The van der Waals surface area contributed by atoms with Crippen molar-refractivity contribution >= 4 is 17.4 Å². The molecule has 0 bridgehead atoms. The molecule has 2 rings (SSSR count). The van der Waals surface area contributed by atoms with Crippen LogP contribution >= 0.6 is 11.8 Å². The van der Waals surface area contributed by atoms with Crippen LogP contribution in [0, 0.1) is 29.2 Å². The molecule has 17 heavy (non-hydrogen) atoms. The van der Waals surface area contributed by atoms with Crippen LogP contribution in [0.3, 0.4) is 0 Å². The zero-order valence-electron chi connectivity index (χ0n) is 8.90. The molecule has 1 aliphatic heterocycles. The first-order chi connectivity index (χ1) is 8.09. The number of hydrogen-bond donors (Lipinski definition) is 1. The standard InChI is InChI=1S/C11H11F4NS/c12-7-3-8(13)10(15)11(9(7)14)16-4-6-1-2-17-5-6/h3,6,16H,1-2,4-5H2. The molecular weight excluding hydrogens is 254 g/mol. The van der Waals surface area contributed by atoms with Crippen LogP contribution in [0.2, 0.25) is 0 Å². The van der Waals surface area contributed by atoms with E-state index in [2.05, 4.69) is 5.32 Å². The Balaban J connectivity index is 2.13. The van der Waals surface area contributed by atoms with Crippen LogP contribution < -0.4 is 5.32 Å². The Hall–Kier alpha value is -0.910. The topological polar surface area (TPSA) is 12.0 Å². The molecule has 1 aliphatic rings. The summed E-state index contributed by atoms with van der Waals surface area (Å²) in [6.45, 7) is 0.323. The van der Waals surface area contributed by atoms with Crippen molar-refractivity contribution in [2.75, 3.05) is 23.4 Å². The van der Waals surface area contributed by atoms with Gasteiger partial charge in [-0.05, 0) is 23.8 Å². The second-order valence-electron chi connectivity index (χ2n) is 3.95. The molecule has 0 spiro atoms. The van der Waals surface area contributed by atoms with Gasteiger partial charge >= 0.3 is 0 Å². The van der Waals surface area contributed by atoms with Gasteiger partial charge in [0.15, 0.2) is 23.3 Å². The summed E-state index contributed by atoms with van der Waals surface area (Å²) in [6, 6.07) is 0.210. The third-order valence-electron chi connectivity index (χ3n) is 2.70. The predicted molar refractivity (Wildman–Crippen MR) is 60.2 cm³/mol. The Bertz CT molecular complexity index is 392. The first kappa shape index (κ1) is 12.5. The molecule has 0 saturated carbocycles. The molecule has 6 heteroatoms. The summed E-state index contributed by atoms with van der Waals surface area (Å²) in [6.07, 6.45) is 0.943. The van der Waals surface area contributed by atoms with Crippen molar-refractivity contribution in [3.05, 3.63) is 29.3 Å². The van der Waals surface area contributed by atoms with Gasteiger partial charge in [0, 0.05) is 12.6 Å². The Morgan fingerprint density at radius 1 is 1.18 bits per heavy atom. The van der Waals surface area contributed by atoms with E-state index in [0.29, 0.717) is 6.54 Å². The van der Waals surface area contributed by atoms with Gasteiger partial charge in [0.05, 0.1) is 0 Å². The Morgan fingerprint density at radius 2 is 1.82 bits per heavy atom. The van der Waals surface area contributed by atoms with E-state index < -0.39 is 29.0 Å². The van der Waals surface area contributed by atoms with E-state index in [1.165, 1.54) is 0 Å². The highest BCUT2D eigenvalue weighted by Gasteiger charge is 2.21. The molecule has 1 fully saturated rings. The fraction of sp³-hybridized carbons (Fsp3) is 0.455. The summed E-state index contributed by atoms with van der Waals surface area (Å²) in [5.74, 6) is -3.31. The molecule has 1 nitrogen and oxygen atoms in total. The predicted octanol–water partition coefficient (Wildman–Crippen LogP) is 3.41. The molecule has 1 N–H and O–H groups in total. The van der Waals surface area contributed by atoms with Gasteiger partial charge in [0.2, 0.25) is 0 Å². The number of benzene rings is 1. The van der Waals surface area contributed by atoms with Crippen LogP contribution in [0.1, 0.15) is 6.42 Å². The van der Waals surface area contributed by atoms with Crippen LogP contribution in [-0.4, -0.2) is 18.1 Å². The average Bonchev–Trinajstić information content (AvgIpc) is 2.79. The van der Waals surface area contributed by atoms with Crippen molar-refractivity contribution in [3.8, 4) is 0 Å². The average molecular weight is 265 g/mol. The summed E-state index contributed by atoms with van der Waals surface area (Å²) in [4.78, 5) is 0. The summed E-state index contributed by atoms with van der Waals surface area (Å²) >= 11 is 1.76. The van der Waals surface area contributed by atoms with E-state index in [1.54, 1.807) is 11.8 Å². The Kier molecular flexibility index (Phi) is 3.81. The van der Waals surface area contributed by atoms with Crippen molar-refractivity contribution in [1.82, 2.24) is 0 Å². The maximum absolute atomic E-state index is 13.3. The Morgan fingerprint density at radius 3 is 2.35 bits per heavy atom. The quantitative estimate of drug-likeness (QED) is 0.664. The highest BCUT2D eigenvalue weighted by atomic mass is 32.2. The van der Waals surface area contributed by atoms with Crippen LogP contribution in [0.5, 0.6) is 0 Å². The molecule has 1 saturated heterocycles. The molecule has 1 atom stereocenters. The molecule has 1 unspecified atom stereocenters. The van der Waals surface area contributed by atoms with Crippen molar-refractivity contribution in [3.63, 3.8) is 0 Å². The van der Waals surface area contributed by atoms with Crippen LogP contribution in [0.15, 0.2) is 6.07 Å². The second-order valence-corrected chi connectivity index (χ2v) is 5.10. The van der Waals surface area contributed by atoms with E-state index in [1.807, 2.05) is 0 Å². The maximum atomic E-state index is 13.3. The monoisotopic (exact) mass is 265 g/mol. The summed E-state index contributed by atoms with van der Waals surface area (Å²) in [5, 5.41) is 2.46.